The summed E-state index contributed by atoms with van der Waals surface area (Å²) < 4.78 is 27.7. The maximum Gasteiger partial charge on any atom is 0.275 e. The molecule has 0 unspecified atom stereocenters. The molecule has 1 saturated carbocycles. The summed E-state index contributed by atoms with van der Waals surface area (Å²) >= 11 is 0. The number of sulfonamides is 1. The Morgan fingerprint density at radius 2 is 1.97 bits per heavy atom. The molecule has 0 aromatic heterocycles. The lowest BCUT2D eigenvalue weighted by Crippen LogP contribution is -2.35. The predicted octanol–water partition coefficient (Wildman–Crippen LogP) is 2.55. The van der Waals surface area contributed by atoms with Crippen molar-refractivity contribution in [1.29, 1.82) is 0 Å². The molecule has 29 heavy (non-hydrogen) atoms. The molecule has 150 valence electrons. The SMILES string of the molecule is O=C(N/N=C1/C[C@@H]2C=CC[C@@H]12)c1cc(S(=O)(=O)NCc2ccccc2)ccc1O. The lowest BCUT2D eigenvalue weighted by Gasteiger charge is -2.31. The molecular weight excluding hydrogens is 390 g/mol. The van der Waals surface area contributed by atoms with Gasteiger partial charge in [-0.2, -0.15) is 5.10 Å². The fourth-order valence-corrected chi connectivity index (χ4v) is 4.61. The van der Waals surface area contributed by atoms with Crippen LogP contribution in [-0.2, 0) is 16.6 Å². The van der Waals surface area contributed by atoms with Crippen LogP contribution in [0.4, 0.5) is 0 Å². The molecule has 3 N–H and O–H groups in total. The van der Waals surface area contributed by atoms with Crippen LogP contribution in [0.25, 0.3) is 0 Å². The number of benzene rings is 2. The fourth-order valence-electron chi connectivity index (χ4n) is 3.57. The molecule has 0 aliphatic heterocycles. The Labute approximate surface area is 169 Å². The highest BCUT2D eigenvalue weighted by Gasteiger charge is 2.38. The normalized spacial score (nSPS) is 21.6. The van der Waals surface area contributed by atoms with Crippen LogP contribution in [0.1, 0.15) is 28.8 Å². The third-order valence-electron chi connectivity index (χ3n) is 5.30. The van der Waals surface area contributed by atoms with Crippen molar-refractivity contribution in [3.8, 4) is 5.75 Å². The van der Waals surface area contributed by atoms with Gasteiger partial charge < -0.3 is 5.11 Å². The molecule has 4 rings (SSSR count). The van der Waals surface area contributed by atoms with Crippen LogP contribution < -0.4 is 10.1 Å². The second-order valence-corrected chi connectivity index (χ2v) is 8.94. The number of hydrogen-bond acceptors (Lipinski definition) is 5. The Kier molecular flexibility index (Phi) is 5.21. The topological polar surface area (TPSA) is 108 Å². The van der Waals surface area contributed by atoms with Gasteiger partial charge in [0.25, 0.3) is 5.91 Å². The molecule has 2 atom stereocenters. The Bertz CT molecular complexity index is 1090. The number of nitrogens with one attached hydrogen (secondary N) is 2. The molecule has 8 heteroatoms. The first-order chi connectivity index (χ1) is 13.9. The number of nitrogens with zero attached hydrogens (tertiary/aromatic N) is 1. The Hall–Kier alpha value is -2.97. The second kappa shape index (κ2) is 7.81. The molecule has 0 spiro atoms. The zero-order valence-corrected chi connectivity index (χ0v) is 16.4. The van der Waals surface area contributed by atoms with E-state index in [1.807, 2.05) is 30.3 Å². The van der Waals surface area contributed by atoms with Crippen molar-refractivity contribution in [2.24, 2.45) is 16.9 Å². The number of aromatic hydroxyl groups is 1. The number of carbonyl (C=O) groups excluding carboxylic acids is 1. The molecule has 0 radical (unpaired) electrons. The van der Waals surface area contributed by atoms with Crippen LogP contribution >= 0.6 is 0 Å². The summed E-state index contributed by atoms with van der Waals surface area (Å²) in [7, 11) is -3.85. The molecular formula is C21H21N3O4S. The van der Waals surface area contributed by atoms with Gasteiger partial charge in [-0.25, -0.2) is 18.6 Å². The standard InChI is InChI=1S/C21H21N3O4S/c25-20-10-9-16(29(27,28)22-13-14-5-2-1-3-6-14)12-18(20)21(26)24-23-19-11-15-7-4-8-17(15)19/h1-7,9-10,12,15,17,22,25H,8,11,13H2,(H,24,26)/b23-19-/t15-,17+/m0/s1. The first-order valence-electron chi connectivity index (χ1n) is 9.34. The third kappa shape index (κ3) is 4.08. The van der Waals surface area contributed by atoms with Crippen molar-refractivity contribution in [2.75, 3.05) is 0 Å². The van der Waals surface area contributed by atoms with E-state index < -0.39 is 15.9 Å². The van der Waals surface area contributed by atoms with Crippen LogP contribution in [0.5, 0.6) is 5.75 Å². The van der Waals surface area contributed by atoms with E-state index in [0.717, 1.165) is 30.2 Å². The van der Waals surface area contributed by atoms with Gasteiger partial charge in [-0.15, -0.1) is 0 Å². The van der Waals surface area contributed by atoms with Crippen LogP contribution in [0.15, 0.2) is 70.7 Å². The molecule has 0 heterocycles. The highest BCUT2D eigenvalue weighted by Crippen LogP contribution is 2.40. The molecule has 2 aromatic rings. The molecule has 2 aromatic carbocycles. The number of amides is 1. The monoisotopic (exact) mass is 411 g/mol. The van der Waals surface area contributed by atoms with E-state index in [4.69, 9.17) is 0 Å². The Morgan fingerprint density at radius 1 is 1.17 bits per heavy atom. The summed E-state index contributed by atoms with van der Waals surface area (Å²) in [5.41, 5.74) is 4.02. The average Bonchev–Trinajstić information content (AvgIpc) is 3.08. The van der Waals surface area contributed by atoms with Gasteiger partial charge in [0.05, 0.1) is 10.5 Å². The van der Waals surface area contributed by atoms with E-state index in [9.17, 15) is 18.3 Å². The number of fused-ring (bicyclic) bond motifs is 1. The summed E-state index contributed by atoms with van der Waals surface area (Å²) in [6.07, 6.45) is 6.01. The Morgan fingerprint density at radius 3 is 2.72 bits per heavy atom. The van der Waals surface area contributed by atoms with Crippen LogP contribution in [0.2, 0.25) is 0 Å². The van der Waals surface area contributed by atoms with E-state index in [1.54, 1.807) is 0 Å². The van der Waals surface area contributed by atoms with E-state index in [0.29, 0.717) is 11.8 Å². The smallest absolute Gasteiger partial charge is 0.275 e. The third-order valence-corrected chi connectivity index (χ3v) is 6.70. The lowest BCUT2D eigenvalue weighted by molar-refractivity contribution is 0.0951. The summed E-state index contributed by atoms with van der Waals surface area (Å²) in [5, 5.41) is 14.2. The zero-order chi connectivity index (χ0) is 20.4. The average molecular weight is 411 g/mol. The van der Waals surface area contributed by atoms with Crippen molar-refractivity contribution in [3.63, 3.8) is 0 Å². The van der Waals surface area contributed by atoms with Crippen LogP contribution in [0, 0.1) is 11.8 Å². The number of hydrogen-bond donors (Lipinski definition) is 3. The van der Waals surface area contributed by atoms with Crippen molar-refractivity contribution < 1.29 is 18.3 Å². The molecule has 7 nitrogen and oxygen atoms in total. The van der Waals surface area contributed by atoms with Crippen molar-refractivity contribution in [1.82, 2.24) is 10.1 Å². The number of phenols is 1. The Balaban J connectivity index is 1.46. The van der Waals surface area contributed by atoms with Crippen molar-refractivity contribution in [3.05, 3.63) is 71.8 Å². The van der Waals surface area contributed by atoms with E-state index in [1.165, 1.54) is 12.1 Å². The molecule has 1 fully saturated rings. The van der Waals surface area contributed by atoms with Gasteiger partial charge in [-0.05, 0) is 42.5 Å². The van der Waals surface area contributed by atoms with E-state index in [-0.39, 0.29) is 22.8 Å². The largest absolute Gasteiger partial charge is 0.507 e. The van der Waals surface area contributed by atoms with Gasteiger partial charge in [-0.3, -0.25) is 4.79 Å². The maximum atomic E-state index is 12.6. The molecule has 0 bridgehead atoms. The maximum absolute atomic E-state index is 12.6. The van der Waals surface area contributed by atoms with Gasteiger partial charge in [0.15, 0.2) is 0 Å². The minimum Gasteiger partial charge on any atom is -0.507 e. The van der Waals surface area contributed by atoms with Gasteiger partial charge in [0, 0.05) is 18.2 Å². The minimum atomic E-state index is -3.85. The second-order valence-electron chi connectivity index (χ2n) is 7.17. The summed E-state index contributed by atoms with van der Waals surface area (Å²) in [6, 6.07) is 12.7. The van der Waals surface area contributed by atoms with Crippen molar-refractivity contribution in [2.45, 2.75) is 24.3 Å². The molecule has 2 aliphatic rings. The minimum absolute atomic E-state index is 0.104. The summed E-state index contributed by atoms with van der Waals surface area (Å²) in [4.78, 5) is 12.3. The number of phenolic OH excluding ortho intramolecular Hbond substituents is 1. The highest BCUT2D eigenvalue weighted by atomic mass is 32.2. The van der Waals surface area contributed by atoms with Crippen LogP contribution in [-0.4, -0.2) is 25.1 Å². The first kappa shape index (κ1) is 19.4. The highest BCUT2D eigenvalue weighted by molar-refractivity contribution is 7.89. The lowest BCUT2D eigenvalue weighted by atomic mass is 9.74. The zero-order valence-electron chi connectivity index (χ0n) is 15.6. The quantitative estimate of drug-likeness (QED) is 0.501. The van der Waals surface area contributed by atoms with Crippen molar-refractivity contribution >= 4 is 21.6 Å². The molecule has 1 amide bonds. The number of rotatable bonds is 6. The van der Waals surface area contributed by atoms with Crippen LogP contribution in [0.3, 0.4) is 0 Å². The van der Waals surface area contributed by atoms with Gasteiger partial charge in [0.1, 0.15) is 5.75 Å². The van der Waals surface area contributed by atoms with E-state index in [2.05, 4.69) is 27.4 Å². The summed E-state index contributed by atoms with van der Waals surface area (Å²) in [5.74, 6) is -0.107. The van der Waals surface area contributed by atoms with E-state index >= 15 is 0 Å². The summed E-state index contributed by atoms with van der Waals surface area (Å²) in [6.45, 7) is 0.121. The van der Waals surface area contributed by atoms with Gasteiger partial charge >= 0.3 is 0 Å². The van der Waals surface area contributed by atoms with Gasteiger partial charge in [-0.1, -0.05) is 42.5 Å². The molecule has 0 saturated heterocycles. The predicted molar refractivity (Wildman–Crippen MR) is 109 cm³/mol. The number of carbonyl (C=O) groups is 1. The number of allylic oxidation sites excluding steroid dienone is 2. The number of hydrazone groups is 1. The fraction of sp³-hybridized carbons (Fsp3) is 0.238. The first-order valence-corrected chi connectivity index (χ1v) is 10.8. The molecule has 2 aliphatic carbocycles. The van der Waals surface area contributed by atoms with Gasteiger partial charge in [0.2, 0.25) is 10.0 Å².